The molecule has 0 fully saturated rings. The molecule has 0 spiro atoms. The highest BCUT2D eigenvalue weighted by atomic mass is 35.5. The van der Waals surface area contributed by atoms with Crippen molar-refractivity contribution in [1.82, 2.24) is 5.32 Å². The van der Waals surface area contributed by atoms with Gasteiger partial charge in [-0.3, -0.25) is 9.59 Å². The molecule has 0 unspecified atom stereocenters. The van der Waals surface area contributed by atoms with Crippen LogP contribution in [0.15, 0.2) is 18.2 Å². The highest BCUT2D eigenvalue weighted by molar-refractivity contribution is 7.20. The minimum Gasteiger partial charge on any atom is -0.343 e. The Kier molecular flexibility index (Phi) is 5.51. The first-order chi connectivity index (χ1) is 10.8. The predicted octanol–water partition coefficient (Wildman–Crippen LogP) is 3.84. The number of amides is 2. The summed E-state index contributed by atoms with van der Waals surface area (Å²) in [5.41, 5.74) is -0.451. The summed E-state index contributed by atoms with van der Waals surface area (Å²) in [4.78, 5) is 23.4. The molecule has 2 N–H and O–H groups in total. The number of hydrogen-bond acceptors (Lipinski definition) is 3. The number of hydrogen-bond donors (Lipinski definition) is 2. The second kappa shape index (κ2) is 7.20. The van der Waals surface area contributed by atoms with Crippen LogP contribution in [0.5, 0.6) is 0 Å². The Labute approximate surface area is 142 Å². The first-order valence-corrected chi connectivity index (χ1v) is 7.53. The average Bonchev–Trinajstić information content (AvgIpc) is 2.84. The molecule has 1 aromatic carbocycles. The van der Waals surface area contributed by atoms with Gasteiger partial charge in [0.25, 0.3) is 5.91 Å². The Bertz CT molecular complexity index is 783. The lowest BCUT2D eigenvalue weighted by Crippen LogP contribution is -2.33. The van der Waals surface area contributed by atoms with Gasteiger partial charge in [0.2, 0.25) is 5.91 Å². The molecule has 2 rings (SSSR count). The summed E-state index contributed by atoms with van der Waals surface area (Å²) in [6.45, 7) is -0.527. The minimum absolute atomic E-state index is 0.0912. The molecule has 2 aromatic rings. The van der Waals surface area contributed by atoms with E-state index in [9.17, 15) is 22.8 Å². The number of rotatable bonds is 4. The summed E-state index contributed by atoms with van der Waals surface area (Å²) in [6, 6.07) is 2.86. The Morgan fingerprint density at radius 2 is 1.83 bits per heavy atom. The Morgan fingerprint density at radius 3 is 2.43 bits per heavy atom. The van der Waals surface area contributed by atoms with Crippen molar-refractivity contribution in [2.75, 3.05) is 11.9 Å². The van der Waals surface area contributed by atoms with Crippen molar-refractivity contribution in [2.45, 2.75) is 0 Å². The van der Waals surface area contributed by atoms with Gasteiger partial charge in [0.15, 0.2) is 17.5 Å². The zero-order valence-electron chi connectivity index (χ0n) is 11.1. The third-order valence-corrected chi connectivity index (χ3v) is 4.11. The fourth-order valence-electron chi connectivity index (χ4n) is 1.57. The normalized spacial score (nSPS) is 10.5. The zero-order valence-corrected chi connectivity index (χ0v) is 13.4. The molecule has 4 nitrogen and oxygen atoms in total. The van der Waals surface area contributed by atoms with E-state index in [1.54, 1.807) is 0 Å². The van der Waals surface area contributed by atoms with Crippen LogP contribution in [0.1, 0.15) is 10.4 Å². The molecule has 23 heavy (non-hydrogen) atoms. The first kappa shape index (κ1) is 17.6. The van der Waals surface area contributed by atoms with Gasteiger partial charge in [-0.05, 0) is 18.2 Å². The van der Waals surface area contributed by atoms with Crippen molar-refractivity contribution in [1.29, 1.82) is 0 Å². The monoisotopic (exact) mass is 382 g/mol. The summed E-state index contributed by atoms with van der Waals surface area (Å²) in [7, 11) is 0. The maximum Gasteiger partial charge on any atom is 0.254 e. The Hall–Kier alpha value is -1.77. The van der Waals surface area contributed by atoms with Crippen molar-refractivity contribution in [3.63, 3.8) is 0 Å². The lowest BCUT2D eigenvalue weighted by molar-refractivity contribution is -0.115. The molecule has 10 heteroatoms. The highest BCUT2D eigenvalue weighted by Crippen LogP contribution is 2.30. The van der Waals surface area contributed by atoms with E-state index >= 15 is 0 Å². The fraction of sp³-hybridized carbons (Fsp3) is 0.0769. The molecule has 0 aliphatic heterocycles. The third-order valence-electron chi connectivity index (χ3n) is 2.62. The lowest BCUT2D eigenvalue weighted by atomic mass is 10.2. The lowest BCUT2D eigenvalue weighted by Gasteiger charge is -2.08. The van der Waals surface area contributed by atoms with Crippen molar-refractivity contribution in [3.8, 4) is 0 Å². The molecule has 0 aliphatic carbocycles. The summed E-state index contributed by atoms with van der Waals surface area (Å²) in [5.74, 6) is -6.10. The molecule has 1 aromatic heterocycles. The van der Waals surface area contributed by atoms with Gasteiger partial charge in [-0.15, -0.1) is 11.3 Å². The smallest absolute Gasteiger partial charge is 0.254 e. The third kappa shape index (κ3) is 4.15. The van der Waals surface area contributed by atoms with Crippen LogP contribution in [0.2, 0.25) is 8.67 Å². The van der Waals surface area contributed by atoms with E-state index in [1.807, 2.05) is 5.32 Å². The Morgan fingerprint density at radius 1 is 1.13 bits per heavy atom. The van der Waals surface area contributed by atoms with Crippen molar-refractivity contribution >= 4 is 52.0 Å². The number of nitrogens with one attached hydrogen (secondary N) is 2. The molecule has 0 atom stereocenters. The van der Waals surface area contributed by atoms with E-state index in [4.69, 9.17) is 23.2 Å². The molecule has 2 amide bonds. The van der Waals surface area contributed by atoms with Crippen molar-refractivity contribution < 1.29 is 22.8 Å². The van der Waals surface area contributed by atoms with E-state index in [0.29, 0.717) is 10.4 Å². The van der Waals surface area contributed by atoms with Crippen molar-refractivity contribution in [2.24, 2.45) is 0 Å². The van der Waals surface area contributed by atoms with Crippen LogP contribution >= 0.6 is 34.5 Å². The van der Waals surface area contributed by atoms with Gasteiger partial charge in [-0.25, -0.2) is 13.2 Å². The molecular formula is C13H7Cl2F3N2O2S. The predicted molar refractivity (Wildman–Crippen MR) is 81.6 cm³/mol. The standard InChI is InChI=1S/C13H7Cl2F3N2O2S/c14-8-3-5(12(15)23-8)13(22)19-4-9(21)20-7-2-1-6(16)10(17)11(7)18/h1-3H,4H2,(H,19,22)(H,20,21). The van der Waals surface area contributed by atoms with Gasteiger partial charge in [0.1, 0.15) is 4.34 Å². The first-order valence-electron chi connectivity index (χ1n) is 5.96. The van der Waals surface area contributed by atoms with Crippen LogP contribution in [0, 0.1) is 17.5 Å². The van der Waals surface area contributed by atoms with Crippen LogP contribution in [0.4, 0.5) is 18.9 Å². The van der Waals surface area contributed by atoms with Crippen LogP contribution in [0.3, 0.4) is 0 Å². The van der Waals surface area contributed by atoms with Crippen LogP contribution in [0.25, 0.3) is 0 Å². The average molecular weight is 383 g/mol. The fourth-order valence-corrected chi connectivity index (χ4v) is 3.03. The summed E-state index contributed by atoms with van der Waals surface area (Å²) in [5, 5.41) is 4.25. The SMILES string of the molecule is O=C(CNC(=O)c1cc(Cl)sc1Cl)Nc1ccc(F)c(F)c1F. The largest absolute Gasteiger partial charge is 0.343 e. The maximum atomic E-state index is 13.4. The number of benzene rings is 1. The minimum atomic E-state index is -1.70. The van der Waals surface area contributed by atoms with E-state index in [1.165, 1.54) is 6.07 Å². The number of halogens is 5. The van der Waals surface area contributed by atoms with Crippen molar-refractivity contribution in [3.05, 3.63) is 49.9 Å². The molecule has 1 heterocycles. The summed E-state index contributed by atoms with van der Waals surface area (Å²) in [6.07, 6.45) is 0. The van der Waals surface area contributed by atoms with Crippen LogP contribution < -0.4 is 10.6 Å². The van der Waals surface area contributed by atoms with Gasteiger partial charge >= 0.3 is 0 Å². The molecule has 0 aliphatic rings. The second-order valence-electron chi connectivity index (χ2n) is 4.19. The van der Waals surface area contributed by atoms with E-state index in [2.05, 4.69) is 5.32 Å². The second-order valence-corrected chi connectivity index (χ2v) is 6.48. The summed E-state index contributed by atoms with van der Waals surface area (Å²) >= 11 is 12.5. The molecule has 0 saturated carbocycles. The van der Waals surface area contributed by atoms with E-state index < -0.39 is 41.5 Å². The van der Waals surface area contributed by atoms with E-state index in [-0.39, 0.29) is 9.90 Å². The number of carbonyl (C=O) groups is 2. The van der Waals surface area contributed by atoms with Gasteiger partial charge in [0.05, 0.1) is 22.1 Å². The molecular weight excluding hydrogens is 376 g/mol. The molecule has 0 saturated heterocycles. The van der Waals surface area contributed by atoms with Gasteiger partial charge in [-0.2, -0.15) is 0 Å². The van der Waals surface area contributed by atoms with Gasteiger partial charge in [-0.1, -0.05) is 23.2 Å². The van der Waals surface area contributed by atoms with E-state index in [0.717, 1.165) is 17.4 Å². The quantitative estimate of drug-likeness (QED) is 0.789. The molecule has 0 bridgehead atoms. The molecule has 0 radical (unpaired) electrons. The molecule has 122 valence electrons. The number of anilines is 1. The topological polar surface area (TPSA) is 58.2 Å². The Balaban J connectivity index is 1.97. The number of thiophene rings is 1. The highest BCUT2D eigenvalue weighted by Gasteiger charge is 2.17. The summed E-state index contributed by atoms with van der Waals surface area (Å²) < 4.78 is 39.6. The van der Waals surface area contributed by atoms with Gasteiger partial charge in [0, 0.05) is 0 Å². The van der Waals surface area contributed by atoms with Crippen LogP contribution in [-0.4, -0.2) is 18.4 Å². The number of carbonyl (C=O) groups excluding carboxylic acids is 2. The maximum absolute atomic E-state index is 13.4. The zero-order chi connectivity index (χ0) is 17.1. The van der Waals surface area contributed by atoms with Gasteiger partial charge < -0.3 is 10.6 Å². The van der Waals surface area contributed by atoms with Crippen LogP contribution in [-0.2, 0) is 4.79 Å².